The Hall–Kier alpha value is -6.27. The van der Waals surface area contributed by atoms with Crippen LogP contribution in [0, 0.1) is 11.7 Å². The zero-order valence-electron chi connectivity index (χ0n) is 42.9. The van der Waals surface area contributed by atoms with Crippen molar-refractivity contribution in [2.24, 2.45) is 13.0 Å². The first-order valence-corrected chi connectivity index (χ1v) is 26.7. The highest BCUT2D eigenvalue weighted by molar-refractivity contribution is 6.01. The van der Waals surface area contributed by atoms with Crippen molar-refractivity contribution < 1.29 is 27.9 Å². The van der Waals surface area contributed by atoms with E-state index in [1.165, 1.54) is 17.3 Å². The maximum Gasteiger partial charge on any atom is 0.253 e. The van der Waals surface area contributed by atoms with Crippen LogP contribution in [0.1, 0.15) is 85.2 Å². The van der Waals surface area contributed by atoms with Crippen molar-refractivity contribution in [1.82, 2.24) is 44.4 Å². The number of hydrogen-bond donors (Lipinski definition) is 3. The van der Waals surface area contributed by atoms with Gasteiger partial charge in [-0.1, -0.05) is 18.2 Å². The lowest BCUT2D eigenvalue weighted by atomic mass is 9.87. The maximum absolute atomic E-state index is 16.6. The number of aromatic nitrogens is 4. The molecule has 3 atom stereocenters. The van der Waals surface area contributed by atoms with Gasteiger partial charge >= 0.3 is 0 Å². The molecule has 3 unspecified atom stereocenters. The van der Waals surface area contributed by atoms with E-state index in [9.17, 15) is 14.4 Å². The fraction of sp³-hybridized carbons (Fsp3) is 0.491. The number of carbonyl (C=O) groups excluding carboxylic acids is 3. The number of benzene rings is 3. The number of H-pyrrole nitrogens is 1. The molecule has 3 aromatic heterocycles. The summed E-state index contributed by atoms with van der Waals surface area (Å²) in [6, 6.07) is 23.2. The number of aryl methyl sites for hydroxylation is 1. The SMILES string of the molecule is COCc1nc2ccc(-c3ccnc4c3cc(CN3CCC(c5ccc(C(=O)N6CCC(CN7CCC(N8CCN(c9ccc(NC%10CCC(=O)NC%10=O)cc9F)CC8)C(C)(F)C7)CC6)cc5)CC3)n4C)cc2[nH]1. The van der Waals surface area contributed by atoms with Crippen LogP contribution in [-0.2, 0) is 34.5 Å². The van der Waals surface area contributed by atoms with E-state index in [4.69, 9.17) is 9.72 Å². The third-order valence-electron chi connectivity index (χ3n) is 16.7. The first kappa shape index (κ1) is 49.9. The summed E-state index contributed by atoms with van der Waals surface area (Å²) >= 11 is 0. The maximum atomic E-state index is 16.6. The topological polar surface area (TPSA) is 147 Å². The Morgan fingerprint density at radius 3 is 2.36 bits per heavy atom. The first-order chi connectivity index (χ1) is 35.8. The van der Waals surface area contributed by atoms with E-state index < -0.39 is 17.6 Å². The van der Waals surface area contributed by atoms with Crippen molar-refractivity contribution in [2.75, 3.05) is 89.3 Å². The fourth-order valence-corrected chi connectivity index (χ4v) is 12.6. The van der Waals surface area contributed by atoms with Gasteiger partial charge in [0.2, 0.25) is 11.8 Å². The minimum atomic E-state index is -1.38. The zero-order valence-corrected chi connectivity index (χ0v) is 42.9. The number of imidazole rings is 1. The molecule has 0 saturated carbocycles. The van der Waals surface area contributed by atoms with Gasteiger partial charge in [0.15, 0.2) is 0 Å². The number of fused-ring (bicyclic) bond motifs is 2. The van der Waals surface area contributed by atoms with Gasteiger partial charge in [-0.15, -0.1) is 0 Å². The molecule has 390 valence electrons. The minimum Gasteiger partial charge on any atom is -0.377 e. The molecule has 5 fully saturated rings. The van der Waals surface area contributed by atoms with E-state index in [0.717, 1.165) is 109 Å². The summed E-state index contributed by atoms with van der Waals surface area (Å²) in [5.41, 5.74) is 8.05. The molecule has 0 aliphatic carbocycles. The van der Waals surface area contributed by atoms with E-state index in [0.29, 0.717) is 82.1 Å². The monoisotopic (exact) mass is 1010 g/mol. The Labute approximate surface area is 431 Å². The number of nitrogens with one attached hydrogen (secondary N) is 3. The van der Waals surface area contributed by atoms with Crippen LogP contribution in [0.2, 0.25) is 0 Å². The number of nitrogens with zero attached hydrogens (tertiary/aromatic N) is 8. The normalized spacial score (nSPS) is 23.3. The summed E-state index contributed by atoms with van der Waals surface area (Å²) in [5, 5.41) is 6.52. The molecule has 0 bridgehead atoms. The zero-order chi connectivity index (χ0) is 51.1. The third-order valence-corrected chi connectivity index (χ3v) is 16.7. The summed E-state index contributed by atoms with van der Waals surface area (Å²) in [6.45, 7) is 11.0. The summed E-state index contributed by atoms with van der Waals surface area (Å²) < 4.78 is 39.5. The van der Waals surface area contributed by atoms with Gasteiger partial charge in [0.1, 0.15) is 35.6 Å². The highest BCUT2D eigenvalue weighted by Gasteiger charge is 2.44. The number of rotatable bonds is 13. The third kappa shape index (κ3) is 10.5. The fourth-order valence-electron chi connectivity index (χ4n) is 12.6. The molecule has 3 aromatic carbocycles. The number of carbonyl (C=O) groups is 3. The summed E-state index contributed by atoms with van der Waals surface area (Å²) in [4.78, 5) is 61.3. The smallest absolute Gasteiger partial charge is 0.253 e. The second-order valence-corrected chi connectivity index (χ2v) is 21.7. The lowest BCUT2D eigenvalue weighted by Crippen LogP contribution is -2.62. The number of alkyl halides is 1. The number of likely N-dealkylation sites (tertiary alicyclic amines) is 3. The number of anilines is 2. The number of imide groups is 1. The highest BCUT2D eigenvalue weighted by atomic mass is 19.1. The number of pyridine rings is 1. The minimum absolute atomic E-state index is 0.0919. The molecule has 6 aromatic rings. The number of hydrogen-bond acceptors (Lipinski definition) is 11. The van der Waals surface area contributed by atoms with Crippen molar-refractivity contribution in [3.63, 3.8) is 0 Å². The summed E-state index contributed by atoms with van der Waals surface area (Å²) in [7, 11) is 3.79. The number of piperidine rings is 4. The molecule has 11 rings (SSSR count). The van der Waals surface area contributed by atoms with Crippen LogP contribution in [0.4, 0.5) is 20.2 Å². The van der Waals surface area contributed by atoms with Crippen LogP contribution in [0.25, 0.3) is 33.2 Å². The predicted molar refractivity (Wildman–Crippen MR) is 283 cm³/mol. The standard InChI is InChI=1S/C57H69F2N11O4/c1-57(59)36-67(23-19-51(57)69-28-26-68(27-29-69)50-12-9-42(31-46(50)58)61-48-11-13-53(71)64-55(48)72)33-37-15-24-70(25-16-37)56(73)40-6-4-38(5-7-40)39-17-21-66(22-18-39)34-43-32-45-44(14-20-60-54(45)65(43)2)41-8-10-47-49(30-41)63-52(62-47)35-74-3/h4-10,12,14,20,30-32,37,39,48,51,61H,11,13,15-19,21-29,33-36H2,1-3H3,(H,62,63)(H,64,71,72). The van der Waals surface area contributed by atoms with Gasteiger partial charge in [0, 0.05) is 114 Å². The molecule has 5 aliphatic heterocycles. The molecule has 74 heavy (non-hydrogen) atoms. The Kier molecular flexibility index (Phi) is 14.3. The largest absolute Gasteiger partial charge is 0.377 e. The van der Waals surface area contributed by atoms with E-state index in [2.05, 4.69) is 89.4 Å². The van der Waals surface area contributed by atoms with E-state index in [1.807, 2.05) is 28.1 Å². The summed E-state index contributed by atoms with van der Waals surface area (Å²) in [5.74, 6) is 0.703. The van der Waals surface area contributed by atoms with Gasteiger partial charge < -0.3 is 29.4 Å². The number of methoxy groups -OCH3 is 1. The molecule has 0 radical (unpaired) electrons. The van der Waals surface area contributed by atoms with Crippen LogP contribution in [0.3, 0.4) is 0 Å². The van der Waals surface area contributed by atoms with Gasteiger partial charge in [-0.25, -0.2) is 18.7 Å². The molecule has 17 heteroatoms. The Balaban J connectivity index is 0.612. The Bertz CT molecular complexity index is 3010. The summed E-state index contributed by atoms with van der Waals surface area (Å²) in [6.07, 6.45) is 7.19. The van der Waals surface area contributed by atoms with Crippen LogP contribution in [0.5, 0.6) is 0 Å². The van der Waals surface area contributed by atoms with E-state index >= 15 is 8.78 Å². The average Bonchev–Trinajstić information content (AvgIpc) is 3.96. The molecule has 8 heterocycles. The van der Waals surface area contributed by atoms with Gasteiger partial charge in [-0.05, 0) is 148 Å². The second kappa shape index (κ2) is 21.2. The van der Waals surface area contributed by atoms with Crippen molar-refractivity contribution in [1.29, 1.82) is 0 Å². The van der Waals surface area contributed by atoms with Gasteiger partial charge in [0.25, 0.3) is 5.91 Å². The quantitative estimate of drug-likeness (QED) is 0.0991. The molecule has 5 saturated heterocycles. The van der Waals surface area contributed by atoms with Crippen molar-refractivity contribution in [3.8, 4) is 11.1 Å². The number of ether oxygens (including phenoxy) is 1. The van der Waals surface area contributed by atoms with E-state index in [-0.39, 0.29) is 30.1 Å². The van der Waals surface area contributed by atoms with Crippen LogP contribution in [-0.4, -0.2) is 154 Å². The number of aromatic amines is 1. The molecule has 3 N–H and O–H groups in total. The van der Waals surface area contributed by atoms with Crippen molar-refractivity contribution >= 4 is 51.2 Å². The van der Waals surface area contributed by atoms with Crippen molar-refractivity contribution in [3.05, 3.63) is 107 Å². The average molecular weight is 1010 g/mol. The molecular weight excluding hydrogens is 941 g/mol. The predicted octanol–water partition coefficient (Wildman–Crippen LogP) is 7.48. The van der Waals surface area contributed by atoms with E-state index in [1.54, 1.807) is 26.2 Å². The second-order valence-electron chi connectivity index (χ2n) is 21.7. The van der Waals surface area contributed by atoms with Crippen LogP contribution < -0.4 is 15.5 Å². The van der Waals surface area contributed by atoms with Gasteiger partial charge in [0.05, 0.1) is 16.7 Å². The number of piperazine rings is 1. The highest BCUT2D eigenvalue weighted by Crippen LogP contribution is 2.36. The van der Waals surface area contributed by atoms with Crippen LogP contribution >= 0.6 is 0 Å². The Morgan fingerprint density at radius 1 is 0.865 bits per heavy atom. The number of amides is 3. The molecular formula is C57H69F2N11O4. The van der Waals surface area contributed by atoms with Gasteiger partial charge in [-0.2, -0.15) is 0 Å². The molecule has 3 amide bonds. The van der Waals surface area contributed by atoms with Gasteiger partial charge in [-0.3, -0.25) is 34.4 Å². The lowest BCUT2D eigenvalue weighted by Gasteiger charge is -2.49. The lowest BCUT2D eigenvalue weighted by molar-refractivity contribution is -0.133. The first-order valence-electron chi connectivity index (χ1n) is 26.7. The molecule has 0 spiro atoms. The van der Waals surface area contributed by atoms with Crippen molar-refractivity contribution in [2.45, 2.75) is 88.7 Å². The molecule has 5 aliphatic rings. The molecule has 15 nitrogen and oxygen atoms in total. The Morgan fingerprint density at radius 2 is 1.64 bits per heavy atom. The van der Waals surface area contributed by atoms with Crippen LogP contribution in [0.15, 0.2) is 79.0 Å². The number of halogens is 2.